The van der Waals surface area contributed by atoms with Gasteiger partial charge < -0.3 is 14.6 Å². The largest absolute Gasteiger partial charge is 0.496 e. The molecule has 0 aliphatic heterocycles. The molecular formula is C13H16O4. The van der Waals surface area contributed by atoms with Gasteiger partial charge >= 0.3 is 5.97 Å². The first-order valence-electron chi connectivity index (χ1n) is 5.22. The maximum absolute atomic E-state index is 10.9. The molecule has 92 valence electrons. The number of carbonyl (C=O) groups excluding carboxylic acids is 1. The van der Waals surface area contributed by atoms with Crippen LogP contribution in [0, 0.1) is 0 Å². The highest BCUT2D eigenvalue weighted by Gasteiger charge is 2.01. The molecule has 4 nitrogen and oxygen atoms in total. The first kappa shape index (κ1) is 13.3. The van der Waals surface area contributed by atoms with E-state index in [0.29, 0.717) is 5.75 Å². The molecule has 1 aromatic carbocycles. The van der Waals surface area contributed by atoms with Gasteiger partial charge in [0.25, 0.3) is 0 Å². The average Bonchev–Trinajstić information content (AvgIpc) is 2.38. The van der Waals surface area contributed by atoms with E-state index in [1.54, 1.807) is 31.4 Å². The van der Waals surface area contributed by atoms with Crippen molar-refractivity contribution in [3.63, 3.8) is 0 Å². The highest BCUT2D eigenvalue weighted by Crippen LogP contribution is 2.21. The number of hydrogen-bond donors (Lipinski definition) is 1. The molecule has 0 heterocycles. The highest BCUT2D eigenvalue weighted by molar-refractivity contribution is 5.73. The third kappa shape index (κ3) is 3.92. The summed E-state index contributed by atoms with van der Waals surface area (Å²) in [4.78, 5) is 10.9. The second-order valence-corrected chi connectivity index (χ2v) is 3.42. The van der Waals surface area contributed by atoms with Gasteiger partial charge in [-0.1, -0.05) is 18.2 Å². The van der Waals surface area contributed by atoms with Crippen LogP contribution < -0.4 is 4.74 Å². The van der Waals surface area contributed by atoms with Crippen molar-refractivity contribution in [2.75, 3.05) is 14.2 Å². The van der Waals surface area contributed by atoms with Gasteiger partial charge in [0, 0.05) is 5.56 Å². The number of esters is 1. The van der Waals surface area contributed by atoms with E-state index in [1.807, 2.05) is 6.07 Å². The van der Waals surface area contributed by atoms with Crippen molar-refractivity contribution in [3.8, 4) is 5.75 Å². The van der Waals surface area contributed by atoms with Crippen molar-refractivity contribution in [3.05, 3.63) is 35.4 Å². The number of ether oxygens (including phenoxy) is 2. The Hall–Kier alpha value is -1.81. The van der Waals surface area contributed by atoms with Gasteiger partial charge in [0.2, 0.25) is 0 Å². The van der Waals surface area contributed by atoms with Crippen molar-refractivity contribution >= 4 is 12.0 Å². The van der Waals surface area contributed by atoms with Gasteiger partial charge in [-0.05, 0) is 17.7 Å². The summed E-state index contributed by atoms with van der Waals surface area (Å²) < 4.78 is 9.71. The first-order chi connectivity index (χ1) is 8.21. The van der Waals surface area contributed by atoms with E-state index in [4.69, 9.17) is 9.84 Å². The summed E-state index contributed by atoms with van der Waals surface area (Å²) in [5.41, 5.74) is 1.62. The highest BCUT2D eigenvalue weighted by atomic mass is 16.5. The van der Waals surface area contributed by atoms with Crippen LogP contribution in [0.1, 0.15) is 17.5 Å². The molecule has 1 aromatic rings. The van der Waals surface area contributed by atoms with Crippen molar-refractivity contribution < 1.29 is 19.4 Å². The molecule has 0 saturated heterocycles. The summed E-state index contributed by atoms with van der Waals surface area (Å²) >= 11 is 0. The minimum Gasteiger partial charge on any atom is -0.496 e. The van der Waals surface area contributed by atoms with Crippen LogP contribution in [0.15, 0.2) is 24.3 Å². The fourth-order valence-electron chi connectivity index (χ4n) is 1.38. The Morgan fingerprint density at radius 1 is 1.41 bits per heavy atom. The zero-order valence-corrected chi connectivity index (χ0v) is 9.97. The number of carbonyl (C=O) groups is 1. The molecule has 1 rings (SSSR count). The Morgan fingerprint density at radius 2 is 2.18 bits per heavy atom. The van der Waals surface area contributed by atoms with Crippen LogP contribution in [0.5, 0.6) is 5.75 Å². The summed E-state index contributed by atoms with van der Waals surface area (Å²) in [6, 6.07) is 5.38. The maximum atomic E-state index is 10.9. The lowest BCUT2D eigenvalue weighted by Crippen LogP contribution is -1.96. The SMILES string of the molecule is COC(=O)CC=Cc1cc(CO)ccc1OC. The Balaban J connectivity index is 2.83. The topological polar surface area (TPSA) is 55.8 Å². The Labute approximate surface area is 100 Å². The lowest BCUT2D eigenvalue weighted by Gasteiger charge is -2.06. The third-order valence-electron chi connectivity index (χ3n) is 2.29. The standard InChI is InChI=1S/C13H16O4/c1-16-12-7-6-10(9-14)8-11(12)4-3-5-13(15)17-2/h3-4,6-8,14H,5,9H2,1-2H3. The van der Waals surface area contributed by atoms with Gasteiger partial charge in [-0.2, -0.15) is 0 Å². The summed E-state index contributed by atoms with van der Waals surface area (Å²) in [7, 11) is 2.93. The number of aliphatic hydroxyl groups is 1. The van der Waals surface area contributed by atoms with Gasteiger partial charge in [0.1, 0.15) is 5.75 Å². The summed E-state index contributed by atoms with van der Waals surface area (Å²) in [6.07, 6.45) is 3.68. The number of aliphatic hydroxyl groups excluding tert-OH is 1. The number of benzene rings is 1. The Morgan fingerprint density at radius 3 is 2.76 bits per heavy atom. The maximum Gasteiger partial charge on any atom is 0.309 e. The van der Waals surface area contributed by atoms with Crippen LogP contribution in [0.4, 0.5) is 0 Å². The van der Waals surface area contributed by atoms with E-state index < -0.39 is 0 Å². The number of rotatable bonds is 5. The zero-order valence-electron chi connectivity index (χ0n) is 9.97. The third-order valence-corrected chi connectivity index (χ3v) is 2.29. The zero-order chi connectivity index (χ0) is 12.7. The predicted molar refractivity (Wildman–Crippen MR) is 64.6 cm³/mol. The van der Waals surface area contributed by atoms with Crippen LogP contribution in [0.25, 0.3) is 6.08 Å². The second kappa shape index (κ2) is 6.70. The fourth-order valence-corrected chi connectivity index (χ4v) is 1.38. The molecule has 0 aliphatic carbocycles. The van der Waals surface area contributed by atoms with Crippen LogP contribution in [-0.4, -0.2) is 25.3 Å². The monoisotopic (exact) mass is 236 g/mol. The molecule has 0 fully saturated rings. The molecule has 0 radical (unpaired) electrons. The normalized spacial score (nSPS) is 10.5. The quantitative estimate of drug-likeness (QED) is 0.791. The summed E-state index contributed by atoms with van der Waals surface area (Å²) in [5, 5.41) is 9.04. The Kier molecular flexibility index (Phi) is 5.23. The lowest BCUT2D eigenvalue weighted by atomic mass is 10.1. The van der Waals surface area contributed by atoms with Gasteiger partial charge in [0.15, 0.2) is 0 Å². The minimum absolute atomic E-state index is 0.0260. The fraction of sp³-hybridized carbons (Fsp3) is 0.308. The second-order valence-electron chi connectivity index (χ2n) is 3.42. The van der Waals surface area contributed by atoms with E-state index >= 15 is 0 Å². The molecule has 0 unspecified atom stereocenters. The van der Waals surface area contributed by atoms with Gasteiger partial charge in [-0.15, -0.1) is 0 Å². The molecule has 0 bridgehead atoms. The van der Waals surface area contributed by atoms with Gasteiger partial charge in [-0.3, -0.25) is 4.79 Å². The van der Waals surface area contributed by atoms with E-state index in [9.17, 15) is 4.79 Å². The molecule has 0 amide bonds. The predicted octanol–water partition coefficient (Wildman–Crippen LogP) is 1.76. The molecule has 4 heteroatoms. The molecule has 17 heavy (non-hydrogen) atoms. The first-order valence-corrected chi connectivity index (χ1v) is 5.22. The van der Waals surface area contributed by atoms with Crippen molar-refractivity contribution in [1.82, 2.24) is 0 Å². The molecular weight excluding hydrogens is 220 g/mol. The van der Waals surface area contributed by atoms with Crippen molar-refractivity contribution in [2.45, 2.75) is 13.0 Å². The molecule has 0 aromatic heterocycles. The number of methoxy groups -OCH3 is 2. The van der Waals surface area contributed by atoms with Crippen molar-refractivity contribution in [1.29, 1.82) is 0 Å². The Bertz CT molecular complexity index is 410. The molecule has 0 atom stereocenters. The van der Waals surface area contributed by atoms with Crippen LogP contribution in [0.2, 0.25) is 0 Å². The minimum atomic E-state index is -0.293. The lowest BCUT2D eigenvalue weighted by molar-refractivity contribution is -0.139. The van der Waals surface area contributed by atoms with E-state index in [0.717, 1.165) is 11.1 Å². The summed E-state index contributed by atoms with van der Waals surface area (Å²) in [6.45, 7) is -0.0260. The van der Waals surface area contributed by atoms with E-state index in [2.05, 4.69) is 4.74 Å². The van der Waals surface area contributed by atoms with Crippen LogP contribution in [0.3, 0.4) is 0 Å². The van der Waals surface area contributed by atoms with Crippen molar-refractivity contribution in [2.24, 2.45) is 0 Å². The molecule has 0 spiro atoms. The number of hydrogen-bond acceptors (Lipinski definition) is 4. The van der Waals surface area contributed by atoms with E-state index in [1.165, 1.54) is 7.11 Å². The molecule has 1 N–H and O–H groups in total. The molecule has 0 saturated carbocycles. The van der Waals surface area contributed by atoms with Crippen LogP contribution in [-0.2, 0) is 16.1 Å². The summed E-state index contributed by atoms with van der Waals surface area (Å²) in [5.74, 6) is 0.404. The molecule has 0 aliphatic rings. The van der Waals surface area contributed by atoms with E-state index in [-0.39, 0.29) is 19.0 Å². The van der Waals surface area contributed by atoms with Crippen LogP contribution >= 0.6 is 0 Å². The van der Waals surface area contributed by atoms with Gasteiger partial charge in [0.05, 0.1) is 27.2 Å². The average molecular weight is 236 g/mol. The smallest absolute Gasteiger partial charge is 0.309 e. The van der Waals surface area contributed by atoms with Gasteiger partial charge in [-0.25, -0.2) is 0 Å².